The van der Waals surface area contributed by atoms with Crippen LogP contribution >= 0.6 is 0 Å². The van der Waals surface area contributed by atoms with E-state index in [0.717, 1.165) is 6.42 Å². The Morgan fingerprint density at radius 1 is 1.47 bits per heavy atom. The van der Waals surface area contributed by atoms with Gasteiger partial charge in [-0.25, -0.2) is 4.79 Å². The molecule has 0 spiro atoms. The summed E-state index contributed by atoms with van der Waals surface area (Å²) in [5.74, 6) is -1.01. The van der Waals surface area contributed by atoms with Crippen LogP contribution in [-0.4, -0.2) is 44.3 Å². The van der Waals surface area contributed by atoms with E-state index in [2.05, 4.69) is 5.10 Å². The quantitative estimate of drug-likeness (QED) is 0.819. The van der Waals surface area contributed by atoms with E-state index in [-0.39, 0.29) is 5.91 Å². The first-order chi connectivity index (χ1) is 8.18. The van der Waals surface area contributed by atoms with E-state index in [9.17, 15) is 9.59 Å². The maximum atomic E-state index is 11.9. The second-order valence-electron chi connectivity index (χ2n) is 4.10. The van der Waals surface area contributed by atoms with Crippen molar-refractivity contribution in [2.24, 2.45) is 0 Å². The van der Waals surface area contributed by atoms with Crippen molar-refractivity contribution in [2.45, 2.75) is 31.8 Å². The van der Waals surface area contributed by atoms with Crippen LogP contribution in [0.4, 0.5) is 0 Å². The van der Waals surface area contributed by atoms with Crippen molar-refractivity contribution in [3.8, 4) is 0 Å². The first-order valence-electron chi connectivity index (χ1n) is 5.68. The van der Waals surface area contributed by atoms with E-state index in [1.165, 1.54) is 4.90 Å². The Morgan fingerprint density at radius 3 is 2.94 bits per heavy atom. The lowest BCUT2D eigenvalue weighted by Crippen LogP contribution is -2.40. The average Bonchev–Trinajstić information content (AvgIpc) is 2.96. The highest BCUT2D eigenvalue weighted by Gasteiger charge is 2.33. The smallest absolute Gasteiger partial charge is 0.326 e. The Hall–Kier alpha value is -1.85. The predicted molar refractivity (Wildman–Crippen MR) is 59.2 cm³/mol. The predicted octanol–water partition coefficient (Wildman–Crippen LogP) is 0.349. The molecule has 0 aliphatic carbocycles. The number of nitrogens with zero attached hydrogens (tertiary/aromatic N) is 3. The van der Waals surface area contributed by atoms with Gasteiger partial charge in [-0.2, -0.15) is 5.10 Å². The summed E-state index contributed by atoms with van der Waals surface area (Å²) in [5, 5.41) is 13.0. The molecule has 0 aromatic carbocycles. The van der Waals surface area contributed by atoms with Crippen LogP contribution in [0.1, 0.15) is 19.3 Å². The van der Waals surface area contributed by atoms with Crippen molar-refractivity contribution >= 4 is 11.9 Å². The number of carbonyl (C=O) groups excluding carboxylic acids is 1. The van der Waals surface area contributed by atoms with Gasteiger partial charge in [0.1, 0.15) is 6.04 Å². The molecule has 1 unspecified atom stereocenters. The van der Waals surface area contributed by atoms with Crippen LogP contribution in [0, 0.1) is 0 Å². The van der Waals surface area contributed by atoms with Gasteiger partial charge in [0, 0.05) is 31.9 Å². The molecule has 2 rings (SSSR count). The summed E-state index contributed by atoms with van der Waals surface area (Å²) in [7, 11) is 0. The number of amides is 1. The molecule has 1 aliphatic rings. The summed E-state index contributed by atoms with van der Waals surface area (Å²) >= 11 is 0. The first kappa shape index (κ1) is 11.6. The molecule has 1 aliphatic heterocycles. The number of rotatable bonds is 4. The van der Waals surface area contributed by atoms with Gasteiger partial charge in [0.15, 0.2) is 0 Å². The number of likely N-dealkylation sites (tertiary alicyclic amines) is 1. The Morgan fingerprint density at radius 2 is 2.29 bits per heavy atom. The van der Waals surface area contributed by atoms with Crippen LogP contribution < -0.4 is 0 Å². The summed E-state index contributed by atoms with van der Waals surface area (Å²) in [6.45, 7) is 1.05. The van der Waals surface area contributed by atoms with Gasteiger partial charge in [-0.15, -0.1) is 0 Å². The molecular weight excluding hydrogens is 222 g/mol. The fraction of sp³-hybridized carbons (Fsp3) is 0.545. The molecule has 1 atom stereocenters. The summed E-state index contributed by atoms with van der Waals surface area (Å²) in [6.07, 6.45) is 5.06. The zero-order chi connectivity index (χ0) is 12.3. The number of carboxylic acid groups (broad SMARTS) is 1. The summed E-state index contributed by atoms with van der Waals surface area (Å²) in [6, 6.07) is 1.15. The van der Waals surface area contributed by atoms with Crippen LogP contribution in [0.25, 0.3) is 0 Å². The number of aromatic nitrogens is 2. The number of aryl methyl sites for hydroxylation is 1. The standard InChI is InChI=1S/C11H15N3O3/c15-10(4-8-13-6-2-5-12-13)14-7-1-3-9(14)11(16)17/h2,5-6,9H,1,3-4,7-8H2,(H,16,17). The molecule has 1 aromatic rings. The van der Waals surface area contributed by atoms with Gasteiger partial charge in [-0.3, -0.25) is 9.48 Å². The minimum atomic E-state index is -0.907. The Balaban J connectivity index is 1.89. The molecule has 1 aromatic heterocycles. The van der Waals surface area contributed by atoms with E-state index < -0.39 is 12.0 Å². The van der Waals surface area contributed by atoms with Crippen molar-refractivity contribution in [2.75, 3.05) is 6.54 Å². The van der Waals surface area contributed by atoms with Gasteiger partial charge >= 0.3 is 5.97 Å². The summed E-state index contributed by atoms with van der Waals surface area (Å²) in [4.78, 5) is 24.3. The monoisotopic (exact) mass is 237 g/mol. The van der Waals surface area contributed by atoms with Gasteiger partial charge in [0.05, 0.1) is 0 Å². The van der Waals surface area contributed by atoms with Gasteiger partial charge in [-0.05, 0) is 18.9 Å². The van der Waals surface area contributed by atoms with Gasteiger partial charge in [-0.1, -0.05) is 0 Å². The van der Waals surface area contributed by atoms with Crippen LogP contribution in [-0.2, 0) is 16.1 Å². The van der Waals surface area contributed by atoms with E-state index in [1.807, 2.05) is 0 Å². The fourth-order valence-corrected chi connectivity index (χ4v) is 2.11. The number of hydrogen-bond acceptors (Lipinski definition) is 3. The van der Waals surface area contributed by atoms with Crippen molar-refractivity contribution in [1.82, 2.24) is 14.7 Å². The van der Waals surface area contributed by atoms with Crippen LogP contribution in [0.3, 0.4) is 0 Å². The minimum Gasteiger partial charge on any atom is -0.480 e. The highest BCUT2D eigenvalue weighted by molar-refractivity contribution is 5.84. The number of carbonyl (C=O) groups is 2. The zero-order valence-electron chi connectivity index (χ0n) is 9.45. The van der Waals surface area contributed by atoms with Gasteiger partial charge in [0.25, 0.3) is 0 Å². The molecule has 2 heterocycles. The first-order valence-corrected chi connectivity index (χ1v) is 5.68. The van der Waals surface area contributed by atoms with Gasteiger partial charge < -0.3 is 10.0 Å². The molecule has 1 N–H and O–H groups in total. The molecule has 0 saturated carbocycles. The lowest BCUT2D eigenvalue weighted by Gasteiger charge is -2.21. The van der Waals surface area contributed by atoms with Crippen LogP contribution in [0.5, 0.6) is 0 Å². The second kappa shape index (κ2) is 4.99. The van der Waals surface area contributed by atoms with Crippen molar-refractivity contribution in [3.63, 3.8) is 0 Å². The van der Waals surface area contributed by atoms with E-state index in [4.69, 9.17) is 5.11 Å². The number of aliphatic carboxylic acids is 1. The molecule has 1 saturated heterocycles. The fourth-order valence-electron chi connectivity index (χ4n) is 2.11. The Labute approximate surface area is 98.8 Å². The van der Waals surface area contributed by atoms with E-state index in [0.29, 0.717) is 25.9 Å². The molecule has 6 nitrogen and oxygen atoms in total. The Kier molecular flexibility index (Phi) is 3.41. The normalized spacial score (nSPS) is 19.5. The lowest BCUT2D eigenvalue weighted by atomic mass is 10.2. The van der Waals surface area contributed by atoms with Crippen molar-refractivity contribution in [1.29, 1.82) is 0 Å². The topological polar surface area (TPSA) is 75.4 Å². The highest BCUT2D eigenvalue weighted by atomic mass is 16.4. The van der Waals surface area contributed by atoms with Crippen LogP contribution in [0.2, 0.25) is 0 Å². The summed E-state index contributed by atoms with van der Waals surface area (Å²) in [5.41, 5.74) is 0. The minimum absolute atomic E-state index is 0.106. The molecule has 0 radical (unpaired) electrons. The SMILES string of the molecule is O=C(O)C1CCCN1C(=O)CCn1cccn1. The molecule has 1 amide bonds. The molecule has 17 heavy (non-hydrogen) atoms. The largest absolute Gasteiger partial charge is 0.480 e. The summed E-state index contributed by atoms with van der Waals surface area (Å²) < 4.78 is 1.67. The molecular formula is C11H15N3O3. The maximum absolute atomic E-state index is 11.9. The second-order valence-corrected chi connectivity index (χ2v) is 4.10. The van der Waals surface area contributed by atoms with Crippen molar-refractivity contribution < 1.29 is 14.7 Å². The number of hydrogen-bond donors (Lipinski definition) is 1. The van der Waals surface area contributed by atoms with E-state index in [1.54, 1.807) is 23.1 Å². The van der Waals surface area contributed by atoms with Crippen molar-refractivity contribution in [3.05, 3.63) is 18.5 Å². The third kappa shape index (κ3) is 2.64. The molecule has 1 fully saturated rings. The third-order valence-corrected chi connectivity index (χ3v) is 2.97. The Bertz CT molecular complexity index is 402. The van der Waals surface area contributed by atoms with E-state index >= 15 is 0 Å². The molecule has 6 heteroatoms. The average molecular weight is 237 g/mol. The molecule has 0 bridgehead atoms. The lowest BCUT2D eigenvalue weighted by molar-refractivity contribution is -0.148. The third-order valence-electron chi connectivity index (χ3n) is 2.97. The van der Waals surface area contributed by atoms with Gasteiger partial charge in [0.2, 0.25) is 5.91 Å². The number of carboxylic acids is 1. The molecule has 92 valence electrons. The zero-order valence-corrected chi connectivity index (χ0v) is 9.45. The maximum Gasteiger partial charge on any atom is 0.326 e. The van der Waals surface area contributed by atoms with Crippen LogP contribution in [0.15, 0.2) is 18.5 Å². The highest BCUT2D eigenvalue weighted by Crippen LogP contribution is 2.18.